The Morgan fingerprint density at radius 2 is 1.89 bits per heavy atom. The number of rotatable bonds is 3. The van der Waals surface area contributed by atoms with E-state index in [2.05, 4.69) is 4.98 Å². The minimum absolute atomic E-state index is 0.0729. The molecule has 0 bridgehead atoms. The van der Waals surface area contributed by atoms with Crippen molar-refractivity contribution >= 4 is 16.0 Å². The lowest BCUT2D eigenvalue weighted by atomic mass is 9.91. The number of aryl methyl sites for hydroxylation is 1. The largest absolute Gasteiger partial charge is 0.465 e. The van der Waals surface area contributed by atoms with E-state index in [4.69, 9.17) is 4.74 Å². The quantitative estimate of drug-likeness (QED) is 0.634. The number of carbonyl (C=O) groups is 1. The lowest BCUT2D eigenvalue weighted by molar-refractivity contribution is 0.0599. The molecule has 0 spiro atoms. The van der Waals surface area contributed by atoms with Crippen molar-refractivity contribution in [3.05, 3.63) is 71.7 Å². The van der Waals surface area contributed by atoms with E-state index in [9.17, 15) is 13.2 Å². The fourth-order valence-electron chi connectivity index (χ4n) is 3.73. The van der Waals surface area contributed by atoms with Crippen LogP contribution in [0.4, 0.5) is 0 Å². The van der Waals surface area contributed by atoms with Crippen molar-refractivity contribution < 1.29 is 17.9 Å². The maximum Gasteiger partial charge on any atom is 0.339 e. The zero-order valence-electron chi connectivity index (χ0n) is 15.5. The fourth-order valence-corrected chi connectivity index (χ4v) is 5.09. The van der Waals surface area contributed by atoms with E-state index in [-0.39, 0.29) is 4.90 Å². The molecule has 7 heteroatoms. The van der Waals surface area contributed by atoms with E-state index in [1.807, 2.05) is 24.3 Å². The Labute approximate surface area is 163 Å². The van der Waals surface area contributed by atoms with Crippen LogP contribution in [0.2, 0.25) is 0 Å². The molecular weight excluding hydrogens is 376 g/mol. The molecule has 4 rings (SSSR count). The van der Waals surface area contributed by atoms with Gasteiger partial charge in [0.2, 0.25) is 0 Å². The topological polar surface area (TPSA) is 78.3 Å². The van der Waals surface area contributed by atoms with Crippen LogP contribution in [-0.2, 0) is 27.6 Å². The van der Waals surface area contributed by atoms with Crippen LogP contribution in [0.15, 0.2) is 59.9 Å². The SMILES string of the molecule is COC(=O)c1cn(S(=O)(=O)c2cccnc2)c2c1CCCCc1ccccc1-2. The summed E-state index contributed by atoms with van der Waals surface area (Å²) in [6.45, 7) is 0. The first-order chi connectivity index (χ1) is 13.5. The van der Waals surface area contributed by atoms with E-state index in [0.29, 0.717) is 23.2 Å². The molecule has 6 nitrogen and oxygen atoms in total. The molecule has 0 saturated carbocycles. The van der Waals surface area contributed by atoms with Gasteiger partial charge in [-0.25, -0.2) is 17.2 Å². The highest BCUT2D eigenvalue weighted by atomic mass is 32.2. The maximum atomic E-state index is 13.4. The summed E-state index contributed by atoms with van der Waals surface area (Å²) in [4.78, 5) is 16.4. The summed E-state index contributed by atoms with van der Waals surface area (Å²) < 4.78 is 33.0. The molecule has 0 atom stereocenters. The highest BCUT2D eigenvalue weighted by Crippen LogP contribution is 2.37. The summed E-state index contributed by atoms with van der Waals surface area (Å²) in [5, 5.41) is 0. The van der Waals surface area contributed by atoms with Crippen molar-refractivity contribution in [1.29, 1.82) is 0 Å². The van der Waals surface area contributed by atoms with Gasteiger partial charge in [-0.3, -0.25) is 4.98 Å². The van der Waals surface area contributed by atoms with E-state index >= 15 is 0 Å². The van der Waals surface area contributed by atoms with Gasteiger partial charge >= 0.3 is 5.97 Å². The molecule has 3 aromatic rings. The van der Waals surface area contributed by atoms with Crippen molar-refractivity contribution in [1.82, 2.24) is 8.96 Å². The van der Waals surface area contributed by atoms with Gasteiger partial charge in [0, 0.05) is 24.2 Å². The van der Waals surface area contributed by atoms with Crippen LogP contribution in [0.5, 0.6) is 0 Å². The molecule has 0 radical (unpaired) electrons. The minimum Gasteiger partial charge on any atom is -0.465 e. The number of esters is 1. The lowest BCUT2D eigenvalue weighted by Crippen LogP contribution is -2.15. The third-order valence-corrected chi connectivity index (χ3v) is 6.71. The molecule has 0 saturated heterocycles. The summed E-state index contributed by atoms with van der Waals surface area (Å²) >= 11 is 0. The van der Waals surface area contributed by atoms with Crippen molar-refractivity contribution in [2.75, 3.05) is 7.11 Å². The zero-order chi connectivity index (χ0) is 19.7. The second-order valence-electron chi connectivity index (χ2n) is 6.72. The van der Waals surface area contributed by atoms with Gasteiger partial charge in [0.1, 0.15) is 4.90 Å². The molecule has 1 aliphatic rings. The Morgan fingerprint density at radius 3 is 2.64 bits per heavy atom. The third-order valence-electron chi connectivity index (χ3n) is 5.07. The number of methoxy groups -OCH3 is 1. The van der Waals surface area contributed by atoms with E-state index in [1.54, 1.807) is 6.07 Å². The number of pyridine rings is 1. The van der Waals surface area contributed by atoms with Crippen LogP contribution in [-0.4, -0.2) is 30.5 Å². The predicted octanol–water partition coefficient (Wildman–Crippen LogP) is 3.45. The molecular formula is C21H20N2O4S. The highest BCUT2D eigenvalue weighted by Gasteiger charge is 2.30. The van der Waals surface area contributed by atoms with Gasteiger partial charge in [0.05, 0.1) is 18.4 Å². The number of aromatic nitrogens is 2. The number of nitrogens with zero attached hydrogens (tertiary/aromatic N) is 2. The average Bonchev–Trinajstić information content (AvgIpc) is 3.09. The Bertz CT molecular complexity index is 1130. The van der Waals surface area contributed by atoms with Gasteiger partial charge in [-0.2, -0.15) is 0 Å². The smallest absolute Gasteiger partial charge is 0.339 e. The van der Waals surface area contributed by atoms with Gasteiger partial charge in [-0.1, -0.05) is 24.3 Å². The molecule has 28 heavy (non-hydrogen) atoms. The number of benzene rings is 1. The molecule has 0 N–H and O–H groups in total. The van der Waals surface area contributed by atoms with Crippen LogP contribution in [0.25, 0.3) is 11.3 Å². The first kappa shape index (κ1) is 18.4. The fraction of sp³-hybridized carbons (Fsp3) is 0.238. The second kappa shape index (κ2) is 7.24. The zero-order valence-corrected chi connectivity index (χ0v) is 16.3. The first-order valence-electron chi connectivity index (χ1n) is 9.10. The Balaban J connectivity index is 2.06. The number of fused-ring (bicyclic) bond motifs is 3. The van der Waals surface area contributed by atoms with Crippen molar-refractivity contribution in [3.8, 4) is 11.3 Å². The monoisotopic (exact) mass is 396 g/mol. The molecule has 144 valence electrons. The second-order valence-corrected chi connectivity index (χ2v) is 8.53. The summed E-state index contributed by atoms with van der Waals surface area (Å²) in [5.41, 5.74) is 3.45. The van der Waals surface area contributed by atoms with Crippen LogP contribution in [0, 0.1) is 0 Å². The van der Waals surface area contributed by atoms with Gasteiger partial charge in [0.15, 0.2) is 0 Å². The number of hydrogen-bond donors (Lipinski definition) is 0. The maximum absolute atomic E-state index is 13.4. The molecule has 0 unspecified atom stereocenters. The summed E-state index contributed by atoms with van der Waals surface area (Å²) in [6, 6.07) is 10.8. The number of ether oxygens (including phenoxy) is 1. The molecule has 2 aromatic heterocycles. The van der Waals surface area contributed by atoms with Crippen LogP contribution < -0.4 is 0 Å². The van der Waals surface area contributed by atoms with E-state index in [0.717, 1.165) is 30.4 Å². The highest BCUT2D eigenvalue weighted by molar-refractivity contribution is 7.90. The molecule has 0 amide bonds. The molecule has 1 aliphatic carbocycles. The summed E-state index contributed by atoms with van der Waals surface area (Å²) in [6.07, 6.45) is 7.54. The average molecular weight is 396 g/mol. The molecule has 0 fully saturated rings. The van der Waals surface area contributed by atoms with Crippen LogP contribution in [0.1, 0.15) is 34.3 Å². The van der Waals surface area contributed by atoms with E-state index < -0.39 is 16.0 Å². The minimum atomic E-state index is -3.93. The van der Waals surface area contributed by atoms with Crippen LogP contribution in [0.3, 0.4) is 0 Å². The molecule has 1 aromatic carbocycles. The molecule has 2 heterocycles. The summed E-state index contributed by atoms with van der Waals surface area (Å²) in [5.74, 6) is -0.533. The standard InChI is InChI=1S/C21H20N2O4S/c1-27-21(24)19-14-23(28(25,26)16-9-6-12-22-13-16)20-17-10-4-2-7-15(17)8-3-5-11-18(19)20/h2,4,6-7,9-10,12-14H,3,5,8,11H2,1H3. The number of hydrogen-bond acceptors (Lipinski definition) is 5. The van der Waals surface area contributed by atoms with Crippen molar-refractivity contribution in [2.45, 2.75) is 30.6 Å². The van der Waals surface area contributed by atoms with Gasteiger partial charge in [-0.05, 0) is 48.9 Å². The van der Waals surface area contributed by atoms with Gasteiger partial charge in [-0.15, -0.1) is 0 Å². The summed E-state index contributed by atoms with van der Waals surface area (Å²) in [7, 11) is -2.62. The van der Waals surface area contributed by atoms with Crippen molar-refractivity contribution in [3.63, 3.8) is 0 Å². The first-order valence-corrected chi connectivity index (χ1v) is 10.5. The van der Waals surface area contributed by atoms with Gasteiger partial charge < -0.3 is 4.74 Å². The van der Waals surface area contributed by atoms with Crippen molar-refractivity contribution in [2.24, 2.45) is 0 Å². The normalized spacial score (nSPS) is 13.8. The predicted molar refractivity (Wildman–Crippen MR) is 105 cm³/mol. The van der Waals surface area contributed by atoms with E-state index in [1.165, 1.54) is 35.7 Å². The Morgan fingerprint density at radius 1 is 1.11 bits per heavy atom. The van der Waals surface area contributed by atoms with Gasteiger partial charge in [0.25, 0.3) is 10.0 Å². The molecule has 0 aliphatic heterocycles. The Hall–Kier alpha value is -2.93. The Kier molecular flexibility index (Phi) is 4.77. The lowest BCUT2D eigenvalue weighted by Gasteiger charge is -2.18. The van der Waals surface area contributed by atoms with Crippen LogP contribution >= 0.6 is 0 Å². The number of carbonyl (C=O) groups excluding carboxylic acids is 1. The third kappa shape index (κ3) is 3.01.